The van der Waals surface area contributed by atoms with Crippen molar-refractivity contribution in [2.45, 2.75) is 53.9 Å². The Hall–Kier alpha value is -4.11. The van der Waals surface area contributed by atoms with Crippen LogP contribution < -0.4 is 9.64 Å². The van der Waals surface area contributed by atoms with E-state index in [0.717, 1.165) is 16.5 Å². The molecule has 228 valence electrons. The van der Waals surface area contributed by atoms with Crippen LogP contribution in [0.25, 0.3) is 21.9 Å². The molecule has 0 N–H and O–H groups in total. The lowest BCUT2D eigenvalue weighted by Crippen LogP contribution is -2.34. The highest BCUT2D eigenvalue weighted by molar-refractivity contribution is 6.32. The normalized spacial score (nSPS) is 11.4. The number of alkyl halides is 3. The maximum absolute atomic E-state index is 13.6. The summed E-state index contributed by atoms with van der Waals surface area (Å²) in [6, 6.07) is 18.2. The second-order valence-corrected chi connectivity index (χ2v) is 11.1. The number of aromatic nitrogens is 1. The van der Waals surface area contributed by atoms with Gasteiger partial charge in [0.25, 0.3) is 0 Å². The minimum Gasteiger partial charge on any atom is -0.465 e. The average molecular weight is 615 g/mol. The molecular weight excluding hydrogens is 581 g/mol. The SMILES string of the molecule is CC.COC(=O)c1ccc2c(N(Cc3ccc(-c4ccc(OC(F)(F)F)c(Cl)c4)cc3)C(=O)CC(C)(C)C)nccc2c1. The van der Waals surface area contributed by atoms with Crippen molar-refractivity contribution in [2.24, 2.45) is 5.41 Å². The summed E-state index contributed by atoms with van der Waals surface area (Å²) in [6.45, 7) is 10.2. The number of esters is 1. The number of hydrogen-bond donors (Lipinski definition) is 0. The van der Waals surface area contributed by atoms with Crippen LogP contribution in [0.4, 0.5) is 19.0 Å². The number of halogens is 4. The number of carbonyl (C=O) groups excluding carboxylic acids is 2. The molecule has 6 nitrogen and oxygen atoms in total. The molecule has 0 atom stereocenters. The summed E-state index contributed by atoms with van der Waals surface area (Å²) in [5, 5.41) is 1.27. The molecule has 0 aliphatic carbocycles. The number of methoxy groups -OCH3 is 1. The summed E-state index contributed by atoms with van der Waals surface area (Å²) in [6.07, 6.45) is -2.98. The van der Waals surface area contributed by atoms with Crippen molar-refractivity contribution >= 4 is 40.1 Å². The zero-order chi connectivity index (χ0) is 31.9. The van der Waals surface area contributed by atoms with E-state index in [1.54, 1.807) is 47.5 Å². The Bertz CT molecular complexity index is 1580. The molecule has 4 rings (SSSR count). The van der Waals surface area contributed by atoms with Crippen LogP contribution in [0, 0.1) is 5.41 Å². The molecule has 0 radical (unpaired) electrons. The molecule has 0 saturated carbocycles. The van der Waals surface area contributed by atoms with E-state index in [2.05, 4.69) is 9.72 Å². The second kappa shape index (κ2) is 13.9. The second-order valence-electron chi connectivity index (χ2n) is 10.7. The minimum absolute atomic E-state index is 0.120. The number of fused-ring (bicyclic) bond motifs is 1. The van der Waals surface area contributed by atoms with Crippen LogP contribution in [0.1, 0.15) is 57.0 Å². The van der Waals surface area contributed by atoms with E-state index in [4.69, 9.17) is 16.3 Å². The lowest BCUT2D eigenvalue weighted by Gasteiger charge is -2.27. The number of pyridine rings is 1. The van der Waals surface area contributed by atoms with Gasteiger partial charge in [-0.1, -0.05) is 76.6 Å². The first-order valence-electron chi connectivity index (χ1n) is 13.7. The lowest BCUT2D eigenvalue weighted by molar-refractivity contribution is -0.274. The summed E-state index contributed by atoms with van der Waals surface area (Å²) in [5.41, 5.74) is 2.25. The fourth-order valence-corrected chi connectivity index (χ4v) is 4.54. The zero-order valence-corrected chi connectivity index (χ0v) is 25.6. The topological polar surface area (TPSA) is 68.7 Å². The number of benzene rings is 3. The highest BCUT2D eigenvalue weighted by Crippen LogP contribution is 2.34. The molecule has 0 bridgehead atoms. The highest BCUT2D eigenvalue weighted by Gasteiger charge is 2.32. The van der Waals surface area contributed by atoms with Crippen molar-refractivity contribution < 1.29 is 32.2 Å². The number of hydrogen-bond acceptors (Lipinski definition) is 5. The van der Waals surface area contributed by atoms with Gasteiger partial charge >= 0.3 is 12.3 Å². The number of rotatable bonds is 7. The van der Waals surface area contributed by atoms with Crippen LogP contribution >= 0.6 is 11.6 Å². The van der Waals surface area contributed by atoms with Crippen LogP contribution in [0.3, 0.4) is 0 Å². The molecular formula is C33H34ClF3N2O4. The molecule has 3 aromatic carbocycles. The van der Waals surface area contributed by atoms with Gasteiger partial charge in [0, 0.05) is 18.0 Å². The van der Waals surface area contributed by atoms with Crippen LogP contribution in [-0.2, 0) is 16.1 Å². The van der Waals surface area contributed by atoms with Gasteiger partial charge in [-0.05, 0) is 63.9 Å². The van der Waals surface area contributed by atoms with Crippen molar-refractivity contribution in [1.82, 2.24) is 4.98 Å². The molecule has 0 aliphatic heterocycles. The van der Waals surface area contributed by atoms with E-state index in [1.807, 2.05) is 46.8 Å². The molecule has 1 heterocycles. The van der Waals surface area contributed by atoms with Crippen molar-refractivity contribution in [1.29, 1.82) is 0 Å². The third-order valence-corrected chi connectivity index (χ3v) is 6.48. The van der Waals surface area contributed by atoms with Gasteiger partial charge in [-0.25, -0.2) is 9.78 Å². The van der Waals surface area contributed by atoms with E-state index in [-0.39, 0.29) is 29.3 Å². The fraction of sp³-hybridized carbons (Fsp3) is 0.303. The fourth-order valence-electron chi connectivity index (χ4n) is 4.33. The van der Waals surface area contributed by atoms with Crippen molar-refractivity contribution in [3.63, 3.8) is 0 Å². The molecule has 0 fully saturated rings. The predicted molar refractivity (Wildman–Crippen MR) is 163 cm³/mol. The monoisotopic (exact) mass is 614 g/mol. The van der Waals surface area contributed by atoms with Gasteiger partial charge in [-0.2, -0.15) is 0 Å². The van der Waals surface area contributed by atoms with Crippen molar-refractivity contribution in [2.75, 3.05) is 12.0 Å². The van der Waals surface area contributed by atoms with Gasteiger partial charge in [-0.15, -0.1) is 13.2 Å². The van der Waals surface area contributed by atoms with Crippen LogP contribution in [0.2, 0.25) is 5.02 Å². The zero-order valence-electron chi connectivity index (χ0n) is 24.9. The number of ether oxygens (including phenoxy) is 2. The van der Waals surface area contributed by atoms with E-state index in [0.29, 0.717) is 22.3 Å². The lowest BCUT2D eigenvalue weighted by atomic mass is 9.91. The van der Waals surface area contributed by atoms with Gasteiger partial charge in [-0.3, -0.25) is 9.69 Å². The number of carbonyl (C=O) groups is 2. The average Bonchev–Trinajstić information content (AvgIpc) is 2.96. The first-order chi connectivity index (χ1) is 20.2. The molecule has 0 spiro atoms. The molecule has 1 aromatic heterocycles. The van der Waals surface area contributed by atoms with E-state index in [9.17, 15) is 22.8 Å². The number of amides is 1. The Kier molecular flexibility index (Phi) is 10.8. The maximum atomic E-state index is 13.6. The molecule has 0 aliphatic rings. The van der Waals surface area contributed by atoms with Gasteiger partial charge in [0.1, 0.15) is 11.6 Å². The van der Waals surface area contributed by atoms with Gasteiger partial charge in [0.15, 0.2) is 0 Å². The first-order valence-corrected chi connectivity index (χ1v) is 14.0. The molecule has 1 amide bonds. The summed E-state index contributed by atoms with van der Waals surface area (Å²) >= 11 is 6.02. The van der Waals surface area contributed by atoms with Gasteiger partial charge in [0.2, 0.25) is 5.91 Å². The van der Waals surface area contributed by atoms with Crippen molar-refractivity contribution in [3.8, 4) is 16.9 Å². The minimum atomic E-state index is -4.84. The quantitative estimate of drug-likeness (QED) is 0.194. The third-order valence-electron chi connectivity index (χ3n) is 6.19. The third kappa shape index (κ3) is 8.94. The Balaban J connectivity index is 0.00000248. The summed E-state index contributed by atoms with van der Waals surface area (Å²) in [7, 11) is 1.31. The van der Waals surface area contributed by atoms with E-state index in [1.165, 1.54) is 25.3 Å². The van der Waals surface area contributed by atoms with Crippen molar-refractivity contribution in [3.05, 3.63) is 89.1 Å². The van der Waals surface area contributed by atoms with Crippen LogP contribution in [-0.4, -0.2) is 30.3 Å². The van der Waals surface area contributed by atoms with Crippen LogP contribution in [0.15, 0.2) is 72.9 Å². The maximum Gasteiger partial charge on any atom is 0.573 e. The van der Waals surface area contributed by atoms with E-state index >= 15 is 0 Å². The molecule has 0 saturated heterocycles. The molecule has 10 heteroatoms. The number of nitrogens with zero attached hydrogens (tertiary/aromatic N) is 2. The summed E-state index contributed by atoms with van der Waals surface area (Å²) < 4.78 is 46.5. The Morgan fingerprint density at radius 2 is 1.56 bits per heavy atom. The summed E-state index contributed by atoms with van der Waals surface area (Å²) in [4.78, 5) is 31.8. The Labute approximate surface area is 254 Å². The predicted octanol–water partition coefficient (Wildman–Crippen LogP) is 9.24. The molecule has 43 heavy (non-hydrogen) atoms. The first kappa shape index (κ1) is 33.4. The highest BCUT2D eigenvalue weighted by atomic mass is 35.5. The standard InChI is InChI=1S/C31H28ClF3N2O4.C2H6/c1-30(2,3)17-27(38)37(28-24-11-9-23(29(39)40-4)15-22(24)13-14-36-28)18-19-5-7-20(8-6-19)21-10-12-26(25(32)16-21)41-31(33,34)35;1-2/h5-16H,17-18H2,1-4H3;1-2H3. The summed E-state index contributed by atoms with van der Waals surface area (Å²) in [5.74, 6) is -0.599. The van der Waals surface area contributed by atoms with Gasteiger partial charge < -0.3 is 9.47 Å². The Morgan fingerprint density at radius 1 is 0.907 bits per heavy atom. The Morgan fingerprint density at radius 3 is 2.14 bits per heavy atom. The molecule has 4 aromatic rings. The molecule has 0 unspecified atom stereocenters. The van der Waals surface area contributed by atoms with Crippen LogP contribution in [0.5, 0.6) is 5.75 Å². The smallest absolute Gasteiger partial charge is 0.465 e. The van der Waals surface area contributed by atoms with Gasteiger partial charge in [0.05, 0.1) is 24.2 Å². The van der Waals surface area contributed by atoms with E-state index < -0.39 is 18.1 Å². The number of anilines is 1. The largest absolute Gasteiger partial charge is 0.573 e.